The first kappa shape index (κ1) is 12.5. The summed E-state index contributed by atoms with van der Waals surface area (Å²) in [6.07, 6.45) is 2.16. The molecule has 0 spiro atoms. The van der Waals surface area contributed by atoms with Gasteiger partial charge in [0.1, 0.15) is 0 Å². The zero-order valence-electron chi connectivity index (χ0n) is 9.08. The molecular weight excluding hydrogens is 228 g/mol. The van der Waals surface area contributed by atoms with Gasteiger partial charge >= 0.3 is 0 Å². The highest BCUT2D eigenvalue weighted by molar-refractivity contribution is 8.01. The third kappa shape index (κ3) is 5.18. The van der Waals surface area contributed by atoms with Crippen molar-refractivity contribution in [3.05, 3.63) is 11.1 Å². The minimum Gasteiger partial charge on any atom is -0.355 e. The standard InChI is InChI=1S/C10H16N2OS2/c1-3-4-5-11-9(13)7-15-10-12-8(2)6-14-10/h6H,3-5,7H2,1-2H3,(H,11,13). The van der Waals surface area contributed by atoms with Crippen molar-refractivity contribution >= 4 is 29.0 Å². The Morgan fingerprint density at radius 2 is 2.47 bits per heavy atom. The molecule has 1 N–H and O–H groups in total. The summed E-state index contributed by atoms with van der Waals surface area (Å²) in [5, 5.41) is 4.88. The van der Waals surface area contributed by atoms with Crippen molar-refractivity contribution in [1.82, 2.24) is 10.3 Å². The summed E-state index contributed by atoms with van der Waals surface area (Å²) in [5.74, 6) is 0.567. The minimum atomic E-state index is 0.0984. The molecule has 1 rings (SSSR count). The van der Waals surface area contributed by atoms with Gasteiger partial charge in [0.25, 0.3) is 0 Å². The Balaban J connectivity index is 2.16. The van der Waals surface area contributed by atoms with Gasteiger partial charge in [0.2, 0.25) is 5.91 Å². The van der Waals surface area contributed by atoms with E-state index in [1.165, 1.54) is 11.8 Å². The molecule has 3 nitrogen and oxygen atoms in total. The first-order chi connectivity index (χ1) is 7.22. The van der Waals surface area contributed by atoms with E-state index in [4.69, 9.17) is 0 Å². The van der Waals surface area contributed by atoms with Crippen LogP contribution in [0.2, 0.25) is 0 Å². The number of hydrogen-bond donors (Lipinski definition) is 1. The van der Waals surface area contributed by atoms with Gasteiger partial charge in [0.05, 0.1) is 5.75 Å². The number of aromatic nitrogens is 1. The first-order valence-corrected chi connectivity index (χ1v) is 6.90. The third-order valence-corrected chi connectivity index (χ3v) is 3.92. The molecule has 0 bridgehead atoms. The van der Waals surface area contributed by atoms with Crippen LogP contribution in [-0.2, 0) is 4.79 Å². The fraction of sp³-hybridized carbons (Fsp3) is 0.600. The van der Waals surface area contributed by atoms with E-state index >= 15 is 0 Å². The van der Waals surface area contributed by atoms with Crippen molar-refractivity contribution in [2.24, 2.45) is 0 Å². The predicted molar refractivity (Wildman–Crippen MR) is 65.5 cm³/mol. The molecule has 0 aromatic carbocycles. The number of carbonyl (C=O) groups is 1. The molecular formula is C10H16N2OS2. The van der Waals surface area contributed by atoms with E-state index in [1.807, 2.05) is 12.3 Å². The van der Waals surface area contributed by atoms with Crippen LogP contribution in [-0.4, -0.2) is 23.2 Å². The molecule has 0 aliphatic rings. The molecule has 0 radical (unpaired) electrons. The first-order valence-electron chi connectivity index (χ1n) is 5.04. The van der Waals surface area contributed by atoms with Crippen LogP contribution in [0.5, 0.6) is 0 Å². The maximum absolute atomic E-state index is 11.3. The molecule has 1 heterocycles. The number of amides is 1. The van der Waals surface area contributed by atoms with Crippen LogP contribution in [0.25, 0.3) is 0 Å². The second kappa shape index (κ2) is 6.85. The number of rotatable bonds is 6. The summed E-state index contributed by atoms with van der Waals surface area (Å²) in [6, 6.07) is 0. The lowest BCUT2D eigenvalue weighted by Crippen LogP contribution is -2.25. The van der Waals surface area contributed by atoms with E-state index < -0.39 is 0 Å². The van der Waals surface area contributed by atoms with E-state index in [1.54, 1.807) is 11.3 Å². The van der Waals surface area contributed by atoms with Gasteiger partial charge in [0.15, 0.2) is 4.34 Å². The van der Waals surface area contributed by atoms with Crippen LogP contribution >= 0.6 is 23.1 Å². The van der Waals surface area contributed by atoms with Gasteiger partial charge in [-0.2, -0.15) is 0 Å². The lowest BCUT2D eigenvalue weighted by molar-refractivity contribution is -0.118. The smallest absolute Gasteiger partial charge is 0.230 e. The van der Waals surface area contributed by atoms with Crippen LogP contribution in [0.15, 0.2) is 9.72 Å². The molecule has 0 aliphatic heterocycles. The van der Waals surface area contributed by atoms with Crippen molar-refractivity contribution in [2.45, 2.75) is 31.0 Å². The van der Waals surface area contributed by atoms with Crippen LogP contribution in [0.3, 0.4) is 0 Å². The fourth-order valence-electron chi connectivity index (χ4n) is 0.982. The van der Waals surface area contributed by atoms with E-state index in [0.717, 1.165) is 29.4 Å². The Labute approximate surface area is 98.7 Å². The molecule has 1 aromatic rings. The second-order valence-corrected chi connectivity index (χ2v) is 5.33. The fourth-order valence-corrected chi connectivity index (χ4v) is 2.66. The molecule has 0 saturated carbocycles. The monoisotopic (exact) mass is 244 g/mol. The molecule has 5 heteroatoms. The van der Waals surface area contributed by atoms with E-state index in [2.05, 4.69) is 17.2 Å². The van der Waals surface area contributed by atoms with Crippen molar-refractivity contribution < 1.29 is 4.79 Å². The summed E-state index contributed by atoms with van der Waals surface area (Å²) in [5.41, 5.74) is 1.02. The zero-order chi connectivity index (χ0) is 11.1. The van der Waals surface area contributed by atoms with Crippen molar-refractivity contribution in [3.63, 3.8) is 0 Å². The topological polar surface area (TPSA) is 42.0 Å². The Hall–Kier alpha value is -0.550. The summed E-state index contributed by atoms with van der Waals surface area (Å²) in [4.78, 5) is 15.6. The number of thioether (sulfide) groups is 1. The van der Waals surface area contributed by atoms with Crippen molar-refractivity contribution in [2.75, 3.05) is 12.3 Å². The number of hydrogen-bond acceptors (Lipinski definition) is 4. The number of carbonyl (C=O) groups excluding carboxylic acids is 1. The molecule has 0 unspecified atom stereocenters. The van der Waals surface area contributed by atoms with Gasteiger partial charge in [-0.25, -0.2) is 4.98 Å². The number of aryl methyl sites for hydroxylation is 1. The van der Waals surface area contributed by atoms with E-state index in [9.17, 15) is 4.79 Å². The highest BCUT2D eigenvalue weighted by atomic mass is 32.2. The number of nitrogens with zero attached hydrogens (tertiary/aromatic N) is 1. The summed E-state index contributed by atoms with van der Waals surface area (Å²) in [6.45, 7) is 4.86. The predicted octanol–water partition coefficient (Wildman–Crippen LogP) is 2.46. The highest BCUT2D eigenvalue weighted by Crippen LogP contribution is 2.21. The number of nitrogens with one attached hydrogen (secondary N) is 1. The molecule has 84 valence electrons. The molecule has 0 fully saturated rings. The van der Waals surface area contributed by atoms with Crippen LogP contribution in [0.4, 0.5) is 0 Å². The maximum Gasteiger partial charge on any atom is 0.230 e. The third-order valence-electron chi connectivity index (χ3n) is 1.78. The Kier molecular flexibility index (Phi) is 5.71. The minimum absolute atomic E-state index is 0.0984. The average molecular weight is 244 g/mol. The summed E-state index contributed by atoms with van der Waals surface area (Å²) < 4.78 is 0.971. The Morgan fingerprint density at radius 1 is 1.67 bits per heavy atom. The van der Waals surface area contributed by atoms with Gasteiger partial charge in [-0.1, -0.05) is 25.1 Å². The van der Waals surface area contributed by atoms with Crippen molar-refractivity contribution in [1.29, 1.82) is 0 Å². The molecule has 1 amide bonds. The number of unbranched alkanes of at least 4 members (excludes halogenated alkanes) is 1. The quantitative estimate of drug-likeness (QED) is 0.617. The largest absolute Gasteiger partial charge is 0.355 e. The second-order valence-electron chi connectivity index (χ2n) is 3.25. The Morgan fingerprint density at radius 3 is 3.07 bits per heavy atom. The molecule has 15 heavy (non-hydrogen) atoms. The summed E-state index contributed by atoms with van der Waals surface area (Å²) in [7, 11) is 0. The van der Waals surface area contributed by atoms with Crippen LogP contribution < -0.4 is 5.32 Å². The molecule has 1 aromatic heterocycles. The number of thiazole rings is 1. The average Bonchev–Trinajstić information content (AvgIpc) is 2.62. The van der Waals surface area contributed by atoms with Gasteiger partial charge in [-0.3, -0.25) is 4.79 Å². The molecule has 0 atom stereocenters. The highest BCUT2D eigenvalue weighted by Gasteiger charge is 2.04. The lowest BCUT2D eigenvalue weighted by Gasteiger charge is -2.02. The Bertz CT molecular complexity index is 312. The van der Waals surface area contributed by atoms with Crippen LogP contribution in [0, 0.1) is 6.92 Å². The zero-order valence-corrected chi connectivity index (χ0v) is 10.7. The van der Waals surface area contributed by atoms with Crippen molar-refractivity contribution in [3.8, 4) is 0 Å². The van der Waals surface area contributed by atoms with Gasteiger partial charge in [-0.15, -0.1) is 11.3 Å². The van der Waals surface area contributed by atoms with E-state index in [-0.39, 0.29) is 5.91 Å². The summed E-state index contributed by atoms with van der Waals surface area (Å²) >= 11 is 3.09. The van der Waals surface area contributed by atoms with Crippen LogP contribution in [0.1, 0.15) is 25.5 Å². The SMILES string of the molecule is CCCCNC(=O)CSc1nc(C)cs1. The van der Waals surface area contributed by atoms with Gasteiger partial charge < -0.3 is 5.32 Å². The lowest BCUT2D eigenvalue weighted by atomic mass is 10.3. The van der Waals surface area contributed by atoms with Gasteiger partial charge in [0, 0.05) is 17.6 Å². The maximum atomic E-state index is 11.3. The molecule has 0 aliphatic carbocycles. The van der Waals surface area contributed by atoms with Gasteiger partial charge in [-0.05, 0) is 13.3 Å². The van der Waals surface area contributed by atoms with E-state index in [0.29, 0.717) is 5.75 Å². The normalized spacial score (nSPS) is 10.3. The molecule has 0 saturated heterocycles.